The number of ether oxygens (including phenoxy) is 1. The molecule has 8 nitrogen and oxygen atoms in total. The van der Waals surface area contributed by atoms with E-state index in [0.717, 1.165) is 5.56 Å². The summed E-state index contributed by atoms with van der Waals surface area (Å²) in [4.78, 5) is 24.3. The largest absolute Gasteiger partial charge is 0.495 e. The van der Waals surface area contributed by atoms with Gasteiger partial charge in [0.2, 0.25) is 11.8 Å². The fourth-order valence-corrected chi connectivity index (χ4v) is 6.01. The van der Waals surface area contributed by atoms with Crippen molar-refractivity contribution >= 4 is 33.2 Å². The van der Waals surface area contributed by atoms with Crippen molar-refractivity contribution in [2.75, 3.05) is 23.3 Å². The molecule has 0 spiro atoms. The number of carbonyl (C=O) groups excluding carboxylic acids is 2. The predicted octanol–water partition coefficient (Wildman–Crippen LogP) is 4.21. The van der Waals surface area contributed by atoms with Gasteiger partial charge in [-0.3, -0.25) is 13.9 Å². The van der Waals surface area contributed by atoms with Crippen molar-refractivity contribution in [1.82, 2.24) is 5.32 Å². The topological polar surface area (TPSA) is 105 Å². The number of nitrogens with one attached hydrogen (secondary N) is 2. The number of fused-ring (bicyclic) bond motifs is 1. The third-order valence-corrected chi connectivity index (χ3v) is 8.06. The molecule has 1 heterocycles. The van der Waals surface area contributed by atoms with Crippen molar-refractivity contribution in [3.63, 3.8) is 0 Å². The van der Waals surface area contributed by atoms with Crippen molar-refractivity contribution < 1.29 is 22.7 Å². The highest BCUT2D eigenvalue weighted by Crippen LogP contribution is 2.39. The Balaban J connectivity index is 1.55. The Morgan fingerprint density at radius 3 is 2.54 bits per heavy atom. The Labute approximate surface area is 217 Å². The summed E-state index contributed by atoms with van der Waals surface area (Å²) < 4.78 is 34.3. The fourth-order valence-electron chi connectivity index (χ4n) is 4.37. The maximum Gasteiger partial charge on any atom is 0.268 e. The van der Waals surface area contributed by atoms with Crippen LogP contribution in [0.2, 0.25) is 0 Å². The van der Waals surface area contributed by atoms with Gasteiger partial charge in [0.15, 0.2) is 0 Å². The SMILES string of the molecule is C=CC(=O)NC1CCN(S(=O)(=O)c2ccc(NC(=O)CCc3ccccc3)cc2OC)c2ccccc21. The number of anilines is 2. The second-order valence-corrected chi connectivity index (χ2v) is 10.4. The smallest absolute Gasteiger partial charge is 0.268 e. The van der Waals surface area contributed by atoms with E-state index in [1.807, 2.05) is 30.3 Å². The van der Waals surface area contributed by atoms with Crippen LogP contribution in [0.3, 0.4) is 0 Å². The summed E-state index contributed by atoms with van der Waals surface area (Å²) in [5.74, 6) is -0.376. The Morgan fingerprint density at radius 1 is 1.08 bits per heavy atom. The van der Waals surface area contributed by atoms with Crippen molar-refractivity contribution in [2.45, 2.75) is 30.2 Å². The van der Waals surface area contributed by atoms with E-state index in [9.17, 15) is 18.0 Å². The Hall–Kier alpha value is -4.11. The van der Waals surface area contributed by atoms with Crippen molar-refractivity contribution in [2.24, 2.45) is 0 Å². The minimum Gasteiger partial charge on any atom is -0.495 e. The molecule has 1 unspecified atom stereocenters. The summed E-state index contributed by atoms with van der Waals surface area (Å²) >= 11 is 0. The second-order valence-electron chi connectivity index (χ2n) is 8.59. The molecule has 9 heteroatoms. The van der Waals surface area contributed by atoms with Crippen LogP contribution in [0.15, 0.2) is 90.3 Å². The van der Waals surface area contributed by atoms with Gasteiger partial charge in [-0.25, -0.2) is 8.42 Å². The summed E-state index contributed by atoms with van der Waals surface area (Å²) in [6, 6.07) is 20.9. The monoisotopic (exact) mass is 519 g/mol. The number of sulfonamides is 1. The Bertz CT molecular complexity index is 1410. The van der Waals surface area contributed by atoms with Crippen LogP contribution in [0.1, 0.15) is 30.0 Å². The first-order valence-corrected chi connectivity index (χ1v) is 13.3. The highest BCUT2D eigenvalue weighted by atomic mass is 32.2. The van der Waals surface area contributed by atoms with E-state index < -0.39 is 10.0 Å². The maximum atomic E-state index is 13.8. The number of hydrogen-bond donors (Lipinski definition) is 2. The molecule has 0 bridgehead atoms. The molecule has 2 N–H and O–H groups in total. The minimum atomic E-state index is -4.00. The van der Waals surface area contributed by atoms with Gasteiger partial charge < -0.3 is 15.4 Å². The molecule has 3 aromatic rings. The van der Waals surface area contributed by atoms with E-state index in [1.54, 1.807) is 30.3 Å². The highest BCUT2D eigenvalue weighted by Gasteiger charge is 2.35. The summed E-state index contributed by atoms with van der Waals surface area (Å²) in [5.41, 5.74) is 2.70. The average Bonchev–Trinajstić information content (AvgIpc) is 2.92. The molecular formula is C28H29N3O5S. The summed E-state index contributed by atoms with van der Waals surface area (Å²) in [6.45, 7) is 3.65. The molecule has 0 saturated carbocycles. The molecule has 3 aromatic carbocycles. The molecule has 37 heavy (non-hydrogen) atoms. The van der Waals surface area contributed by atoms with Crippen LogP contribution in [-0.2, 0) is 26.0 Å². The molecule has 1 atom stereocenters. The standard InChI is InChI=1S/C28H29N3O5S/c1-3-27(32)30-23-17-18-31(24-12-8-7-11-22(23)24)37(34,35)26-15-14-21(19-25(26)36-2)29-28(33)16-13-20-9-5-4-6-10-20/h3-12,14-15,19,23H,1,13,16-18H2,2H3,(H,29,33)(H,30,32). The second kappa shape index (κ2) is 11.3. The number of carbonyl (C=O) groups is 2. The molecule has 2 amide bonds. The lowest BCUT2D eigenvalue weighted by molar-refractivity contribution is -0.117. The number of hydrogen-bond acceptors (Lipinski definition) is 5. The maximum absolute atomic E-state index is 13.8. The zero-order valence-corrected chi connectivity index (χ0v) is 21.3. The summed E-state index contributed by atoms with van der Waals surface area (Å²) in [7, 11) is -2.62. The van der Waals surface area contributed by atoms with Crippen molar-refractivity contribution in [1.29, 1.82) is 0 Å². The van der Waals surface area contributed by atoms with Crippen LogP contribution >= 0.6 is 0 Å². The summed E-state index contributed by atoms with van der Waals surface area (Å²) in [6.07, 6.45) is 2.48. The van der Waals surface area contributed by atoms with Crippen LogP contribution in [0.5, 0.6) is 5.75 Å². The lowest BCUT2D eigenvalue weighted by atomic mass is 9.98. The van der Waals surface area contributed by atoms with Crippen LogP contribution < -0.4 is 19.7 Å². The van der Waals surface area contributed by atoms with Crippen LogP contribution in [-0.4, -0.2) is 33.9 Å². The first-order valence-electron chi connectivity index (χ1n) is 11.9. The van der Waals surface area contributed by atoms with Crippen molar-refractivity contribution in [3.8, 4) is 5.75 Å². The molecule has 0 aliphatic carbocycles. The zero-order valence-electron chi connectivity index (χ0n) is 20.5. The number of aryl methyl sites for hydroxylation is 1. The number of benzene rings is 3. The van der Waals surface area contributed by atoms with Crippen molar-refractivity contribution in [3.05, 3.63) is 96.6 Å². The van der Waals surface area contributed by atoms with E-state index in [-0.39, 0.29) is 35.0 Å². The summed E-state index contributed by atoms with van der Waals surface area (Å²) in [5, 5.41) is 5.68. The number of para-hydroxylation sites is 1. The van der Waals surface area contributed by atoms with Crippen LogP contribution in [0.25, 0.3) is 0 Å². The van der Waals surface area contributed by atoms with Gasteiger partial charge in [-0.15, -0.1) is 0 Å². The molecule has 0 fully saturated rings. The van der Waals surface area contributed by atoms with Gasteiger partial charge in [0, 0.05) is 24.7 Å². The average molecular weight is 520 g/mol. The van der Waals surface area contributed by atoms with E-state index in [0.29, 0.717) is 36.2 Å². The fraction of sp³-hybridized carbons (Fsp3) is 0.214. The highest BCUT2D eigenvalue weighted by molar-refractivity contribution is 7.93. The van der Waals surface area contributed by atoms with Gasteiger partial charge in [0.05, 0.1) is 18.8 Å². The molecule has 0 saturated heterocycles. The van der Waals surface area contributed by atoms with Gasteiger partial charge in [-0.1, -0.05) is 55.1 Å². The lowest BCUT2D eigenvalue weighted by Crippen LogP contribution is -2.40. The first kappa shape index (κ1) is 26.0. The van der Waals surface area contributed by atoms with Gasteiger partial charge in [0.25, 0.3) is 10.0 Å². The molecule has 1 aliphatic heterocycles. The Kier molecular flexibility index (Phi) is 7.93. The minimum absolute atomic E-state index is 0.0133. The third kappa shape index (κ3) is 5.83. The van der Waals surface area contributed by atoms with E-state index in [1.165, 1.54) is 29.6 Å². The molecular weight excluding hydrogens is 490 g/mol. The molecule has 192 valence electrons. The van der Waals surface area contributed by atoms with Crippen LogP contribution in [0, 0.1) is 0 Å². The molecule has 4 rings (SSSR count). The number of rotatable bonds is 9. The number of nitrogens with zero attached hydrogens (tertiary/aromatic N) is 1. The zero-order chi connectivity index (χ0) is 26.4. The van der Waals surface area contributed by atoms with Crippen LogP contribution in [0.4, 0.5) is 11.4 Å². The number of amides is 2. The van der Waals surface area contributed by atoms with E-state index >= 15 is 0 Å². The molecule has 1 aliphatic rings. The molecule has 0 radical (unpaired) electrons. The van der Waals surface area contributed by atoms with E-state index in [4.69, 9.17) is 4.74 Å². The Morgan fingerprint density at radius 2 is 1.81 bits per heavy atom. The van der Waals surface area contributed by atoms with Gasteiger partial charge in [-0.2, -0.15) is 0 Å². The van der Waals surface area contributed by atoms with Gasteiger partial charge in [-0.05, 0) is 48.2 Å². The van der Waals surface area contributed by atoms with Gasteiger partial charge >= 0.3 is 0 Å². The molecule has 0 aromatic heterocycles. The first-order chi connectivity index (χ1) is 17.8. The lowest BCUT2D eigenvalue weighted by Gasteiger charge is -2.35. The van der Waals surface area contributed by atoms with Gasteiger partial charge in [0.1, 0.15) is 10.6 Å². The third-order valence-electron chi connectivity index (χ3n) is 6.20. The van der Waals surface area contributed by atoms with E-state index in [2.05, 4.69) is 17.2 Å². The predicted molar refractivity (Wildman–Crippen MR) is 143 cm³/mol. The normalized spacial score (nSPS) is 14.8. The number of methoxy groups -OCH3 is 1. The quantitative estimate of drug-likeness (QED) is 0.412.